The van der Waals surface area contributed by atoms with E-state index in [0.717, 1.165) is 31.4 Å². The van der Waals surface area contributed by atoms with Gasteiger partial charge in [-0.1, -0.05) is 23.7 Å². The standard InChI is InChI=1S/C26H22ClF3N2O3/c27-20-9-7-17(8-10-20)24(33)31-22(25(34)32-13-2-1-3-14-32)16-21-11-12-23(35-21)18-5-4-6-19(15-18)26(28,29)30/h4-12,15-16H,1-3,13-14H2,(H,31,33)/b22-16+. The van der Waals surface area contributed by atoms with E-state index in [1.807, 2.05) is 0 Å². The maximum absolute atomic E-state index is 13.2. The normalized spacial score (nSPS) is 14.6. The van der Waals surface area contributed by atoms with E-state index in [1.165, 1.54) is 30.3 Å². The smallest absolute Gasteiger partial charge is 0.416 e. The molecule has 4 rings (SSSR count). The summed E-state index contributed by atoms with van der Waals surface area (Å²) < 4.78 is 45.0. The lowest BCUT2D eigenvalue weighted by Gasteiger charge is -2.27. The van der Waals surface area contributed by atoms with Crippen LogP contribution >= 0.6 is 11.6 Å². The third-order valence-electron chi connectivity index (χ3n) is 5.62. The molecule has 0 unspecified atom stereocenters. The molecule has 0 atom stereocenters. The Labute approximate surface area is 205 Å². The first-order valence-corrected chi connectivity index (χ1v) is 11.4. The lowest BCUT2D eigenvalue weighted by Crippen LogP contribution is -2.41. The number of piperidine rings is 1. The van der Waals surface area contributed by atoms with Gasteiger partial charge in [0.05, 0.1) is 5.56 Å². The number of alkyl halides is 3. The van der Waals surface area contributed by atoms with Gasteiger partial charge < -0.3 is 14.6 Å². The Balaban J connectivity index is 1.63. The number of nitrogens with zero attached hydrogens (tertiary/aromatic N) is 1. The van der Waals surface area contributed by atoms with E-state index in [9.17, 15) is 22.8 Å². The quantitative estimate of drug-likeness (QED) is 0.410. The number of hydrogen-bond acceptors (Lipinski definition) is 3. The van der Waals surface area contributed by atoms with Crippen molar-refractivity contribution >= 4 is 29.5 Å². The minimum Gasteiger partial charge on any atom is -0.457 e. The summed E-state index contributed by atoms with van der Waals surface area (Å²) in [5.74, 6) is -0.433. The topological polar surface area (TPSA) is 62.6 Å². The molecule has 2 aromatic carbocycles. The van der Waals surface area contributed by atoms with Crippen LogP contribution in [0.5, 0.6) is 0 Å². The van der Waals surface area contributed by atoms with E-state index in [1.54, 1.807) is 29.2 Å². The van der Waals surface area contributed by atoms with Gasteiger partial charge in [0.2, 0.25) is 0 Å². The van der Waals surface area contributed by atoms with Crippen molar-refractivity contribution in [3.63, 3.8) is 0 Å². The van der Waals surface area contributed by atoms with Crippen LogP contribution in [0.25, 0.3) is 17.4 Å². The molecule has 0 radical (unpaired) electrons. The third-order valence-corrected chi connectivity index (χ3v) is 5.87. The number of carbonyl (C=O) groups excluding carboxylic acids is 2. The number of benzene rings is 2. The Morgan fingerprint density at radius 1 is 0.971 bits per heavy atom. The minimum atomic E-state index is -4.48. The molecule has 0 aliphatic carbocycles. The van der Waals surface area contributed by atoms with Crippen LogP contribution in [-0.2, 0) is 11.0 Å². The number of amides is 2. The zero-order chi connectivity index (χ0) is 25.0. The Hall–Kier alpha value is -3.52. The van der Waals surface area contributed by atoms with E-state index in [4.69, 9.17) is 16.0 Å². The first kappa shape index (κ1) is 24.6. The van der Waals surface area contributed by atoms with Gasteiger partial charge in [0.1, 0.15) is 17.2 Å². The van der Waals surface area contributed by atoms with Gasteiger partial charge in [0.25, 0.3) is 11.8 Å². The van der Waals surface area contributed by atoms with Crippen molar-refractivity contribution < 1.29 is 27.2 Å². The highest BCUT2D eigenvalue weighted by molar-refractivity contribution is 6.30. The van der Waals surface area contributed by atoms with Crippen molar-refractivity contribution in [2.45, 2.75) is 25.4 Å². The SMILES string of the molecule is O=C(N/C(=C/c1ccc(-c2cccc(C(F)(F)F)c2)o1)C(=O)N1CCCCC1)c1ccc(Cl)cc1. The van der Waals surface area contributed by atoms with Crippen molar-refractivity contribution in [2.24, 2.45) is 0 Å². The van der Waals surface area contributed by atoms with E-state index in [2.05, 4.69) is 5.32 Å². The zero-order valence-electron chi connectivity index (χ0n) is 18.6. The van der Waals surface area contributed by atoms with Crippen LogP contribution in [0.15, 0.2) is 70.8 Å². The van der Waals surface area contributed by atoms with E-state index in [0.29, 0.717) is 23.7 Å². The Morgan fingerprint density at radius 3 is 2.37 bits per heavy atom. The molecule has 3 aromatic rings. The van der Waals surface area contributed by atoms with Crippen molar-refractivity contribution in [1.29, 1.82) is 0 Å². The number of rotatable bonds is 5. The maximum atomic E-state index is 13.2. The van der Waals surface area contributed by atoms with Crippen LogP contribution in [0.2, 0.25) is 5.02 Å². The molecule has 9 heteroatoms. The Morgan fingerprint density at radius 2 is 1.69 bits per heavy atom. The van der Waals surface area contributed by atoms with Crippen LogP contribution in [0.3, 0.4) is 0 Å². The summed E-state index contributed by atoms with van der Waals surface area (Å²) in [5.41, 5.74) is -0.221. The molecule has 2 heterocycles. The lowest BCUT2D eigenvalue weighted by atomic mass is 10.1. The summed E-state index contributed by atoms with van der Waals surface area (Å²) in [6.45, 7) is 1.14. The monoisotopic (exact) mass is 502 g/mol. The van der Waals surface area contributed by atoms with Gasteiger partial charge in [0.15, 0.2) is 0 Å². The molecule has 5 nitrogen and oxygen atoms in total. The van der Waals surface area contributed by atoms with Crippen LogP contribution in [-0.4, -0.2) is 29.8 Å². The van der Waals surface area contributed by atoms with Gasteiger partial charge in [-0.3, -0.25) is 9.59 Å². The Kier molecular flexibility index (Phi) is 7.31. The first-order valence-electron chi connectivity index (χ1n) is 11.1. The molecule has 1 aliphatic rings. The number of nitrogens with one attached hydrogen (secondary N) is 1. The molecule has 35 heavy (non-hydrogen) atoms. The molecule has 1 saturated heterocycles. The van der Waals surface area contributed by atoms with E-state index < -0.39 is 17.6 Å². The van der Waals surface area contributed by atoms with Gasteiger partial charge in [-0.25, -0.2) is 0 Å². The third kappa shape index (κ3) is 6.14. The highest BCUT2D eigenvalue weighted by Crippen LogP contribution is 2.33. The Bertz CT molecular complexity index is 1240. The summed E-state index contributed by atoms with van der Waals surface area (Å²) in [6.07, 6.45) is -0.332. The van der Waals surface area contributed by atoms with Crippen LogP contribution in [0.4, 0.5) is 13.2 Å². The second-order valence-corrected chi connectivity index (χ2v) is 8.59. The largest absolute Gasteiger partial charge is 0.457 e. The summed E-state index contributed by atoms with van der Waals surface area (Å²) >= 11 is 5.89. The number of halogens is 4. The summed E-state index contributed by atoms with van der Waals surface area (Å²) in [7, 11) is 0. The number of hydrogen-bond donors (Lipinski definition) is 1. The van der Waals surface area contributed by atoms with Crippen LogP contribution in [0, 0.1) is 0 Å². The van der Waals surface area contributed by atoms with Crippen molar-refractivity contribution in [3.05, 3.63) is 88.3 Å². The van der Waals surface area contributed by atoms with E-state index in [-0.39, 0.29) is 28.7 Å². The van der Waals surface area contributed by atoms with Gasteiger partial charge >= 0.3 is 6.18 Å². The molecule has 0 spiro atoms. The highest BCUT2D eigenvalue weighted by atomic mass is 35.5. The molecule has 182 valence electrons. The molecule has 1 N–H and O–H groups in total. The summed E-state index contributed by atoms with van der Waals surface area (Å²) in [5, 5.41) is 3.13. The second kappa shape index (κ2) is 10.4. The predicted octanol–water partition coefficient (Wildman–Crippen LogP) is 6.40. The van der Waals surface area contributed by atoms with Gasteiger partial charge in [0, 0.05) is 35.3 Å². The minimum absolute atomic E-state index is 0.0109. The van der Waals surface area contributed by atoms with Crippen LogP contribution in [0.1, 0.15) is 40.9 Å². The molecule has 2 amide bonds. The molecule has 1 fully saturated rings. The number of carbonyl (C=O) groups is 2. The van der Waals surface area contributed by atoms with Crippen molar-refractivity contribution in [1.82, 2.24) is 10.2 Å². The van der Waals surface area contributed by atoms with Gasteiger partial charge in [-0.15, -0.1) is 0 Å². The zero-order valence-corrected chi connectivity index (χ0v) is 19.3. The molecular formula is C26H22ClF3N2O3. The average Bonchev–Trinajstić information content (AvgIpc) is 3.32. The first-order chi connectivity index (χ1) is 16.7. The molecule has 1 aromatic heterocycles. The second-order valence-electron chi connectivity index (χ2n) is 8.15. The van der Waals surface area contributed by atoms with Crippen LogP contribution < -0.4 is 5.32 Å². The van der Waals surface area contributed by atoms with Crippen molar-refractivity contribution in [3.8, 4) is 11.3 Å². The summed E-state index contributed by atoms with van der Waals surface area (Å²) in [4.78, 5) is 27.7. The molecule has 0 bridgehead atoms. The van der Waals surface area contributed by atoms with Gasteiger partial charge in [-0.2, -0.15) is 13.2 Å². The molecular weight excluding hydrogens is 481 g/mol. The lowest BCUT2D eigenvalue weighted by molar-refractivity contribution is -0.137. The number of furan rings is 1. The molecule has 1 aliphatic heterocycles. The fraction of sp³-hybridized carbons (Fsp3) is 0.231. The summed E-state index contributed by atoms with van der Waals surface area (Å²) in [6, 6.07) is 14.1. The average molecular weight is 503 g/mol. The fourth-order valence-electron chi connectivity index (χ4n) is 3.79. The van der Waals surface area contributed by atoms with Crippen molar-refractivity contribution in [2.75, 3.05) is 13.1 Å². The highest BCUT2D eigenvalue weighted by Gasteiger charge is 2.30. The van der Waals surface area contributed by atoms with E-state index >= 15 is 0 Å². The fourth-order valence-corrected chi connectivity index (χ4v) is 3.92. The predicted molar refractivity (Wildman–Crippen MR) is 126 cm³/mol. The van der Waals surface area contributed by atoms with Gasteiger partial charge in [-0.05, 0) is 67.8 Å². The maximum Gasteiger partial charge on any atom is 0.416 e. The molecule has 0 saturated carbocycles. The number of likely N-dealkylation sites (tertiary alicyclic amines) is 1.